The van der Waals surface area contributed by atoms with Crippen molar-refractivity contribution in [1.29, 1.82) is 0 Å². The van der Waals surface area contributed by atoms with Crippen LogP contribution in [-0.2, 0) is 21.3 Å². The Kier molecular flexibility index (Phi) is 4.63. The standard InChI is InChI=1S/C15H14FNO2S/c16-14-8-4-3-7-13(14)12-6-2-1-5-11(12)9-20(19)10-15(17)18/h1-8H,9-10H2,(H2,17,18)/t20-/m1/s1. The average molecular weight is 291 g/mol. The summed E-state index contributed by atoms with van der Waals surface area (Å²) in [6, 6.07) is 13.6. The van der Waals surface area contributed by atoms with Gasteiger partial charge >= 0.3 is 0 Å². The Morgan fingerprint density at radius 1 is 1.05 bits per heavy atom. The molecule has 0 unspecified atom stereocenters. The van der Waals surface area contributed by atoms with Gasteiger partial charge in [0.2, 0.25) is 5.91 Å². The lowest BCUT2D eigenvalue weighted by molar-refractivity contribution is -0.115. The van der Waals surface area contributed by atoms with Crippen molar-refractivity contribution < 1.29 is 13.4 Å². The van der Waals surface area contributed by atoms with Crippen molar-refractivity contribution >= 4 is 16.7 Å². The number of benzene rings is 2. The Labute approximate surface area is 119 Å². The van der Waals surface area contributed by atoms with E-state index in [1.54, 1.807) is 42.5 Å². The zero-order chi connectivity index (χ0) is 14.5. The topological polar surface area (TPSA) is 60.2 Å². The predicted octanol–water partition coefficient (Wildman–Crippen LogP) is 2.23. The summed E-state index contributed by atoms with van der Waals surface area (Å²) < 4.78 is 25.7. The first-order valence-electron chi connectivity index (χ1n) is 6.04. The molecule has 2 aromatic rings. The number of halogens is 1. The highest BCUT2D eigenvalue weighted by atomic mass is 32.2. The molecule has 1 atom stereocenters. The lowest BCUT2D eigenvalue weighted by Gasteiger charge is -2.10. The van der Waals surface area contributed by atoms with Crippen molar-refractivity contribution in [3.05, 3.63) is 59.9 Å². The van der Waals surface area contributed by atoms with Gasteiger partial charge in [0.1, 0.15) is 11.6 Å². The van der Waals surface area contributed by atoms with Crippen molar-refractivity contribution in [2.24, 2.45) is 5.73 Å². The Hall–Kier alpha value is -2.01. The largest absolute Gasteiger partial charge is 0.369 e. The number of amides is 1. The number of primary amides is 1. The van der Waals surface area contributed by atoms with Gasteiger partial charge in [-0.3, -0.25) is 9.00 Å². The Morgan fingerprint density at radius 3 is 2.30 bits per heavy atom. The van der Waals surface area contributed by atoms with Gasteiger partial charge in [0.15, 0.2) is 0 Å². The first kappa shape index (κ1) is 14.4. The molecule has 20 heavy (non-hydrogen) atoms. The lowest BCUT2D eigenvalue weighted by Crippen LogP contribution is -2.20. The average Bonchev–Trinajstić information content (AvgIpc) is 2.39. The van der Waals surface area contributed by atoms with E-state index in [0.717, 1.165) is 5.56 Å². The molecule has 0 saturated heterocycles. The van der Waals surface area contributed by atoms with Crippen LogP contribution in [0.3, 0.4) is 0 Å². The van der Waals surface area contributed by atoms with E-state index in [0.29, 0.717) is 11.1 Å². The number of nitrogens with two attached hydrogens (primary N) is 1. The highest BCUT2D eigenvalue weighted by molar-refractivity contribution is 7.84. The van der Waals surface area contributed by atoms with E-state index in [4.69, 9.17) is 5.73 Å². The van der Waals surface area contributed by atoms with Crippen molar-refractivity contribution in [3.63, 3.8) is 0 Å². The molecule has 1 amide bonds. The van der Waals surface area contributed by atoms with E-state index >= 15 is 0 Å². The van der Waals surface area contributed by atoms with E-state index in [9.17, 15) is 13.4 Å². The van der Waals surface area contributed by atoms with E-state index in [2.05, 4.69) is 0 Å². The van der Waals surface area contributed by atoms with E-state index in [1.807, 2.05) is 0 Å². The highest BCUT2D eigenvalue weighted by Crippen LogP contribution is 2.27. The van der Waals surface area contributed by atoms with Crippen LogP contribution in [0.25, 0.3) is 11.1 Å². The minimum atomic E-state index is -1.39. The molecular weight excluding hydrogens is 277 g/mol. The summed E-state index contributed by atoms with van der Waals surface area (Å²) in [5, 5.41) is 0. The summed E-state index contributed by atoms with van der Waals surface area (Å²) in [5.74, 6) is -0.952. The molecule has 2 N–H and O–H groups in total. The zero-order valence-corrected chi connectivity index (χ0v) is 11.5. The molecule has 0 saturated carbocycles. The molecule has 3 nitrogen and oxygen atoms in total. The van der Waals surface area contributed by atoms with E-state index in [-0.39, 0.29) is 17.3 Å². The molecule has 0 aliphatic rings. The summed E-state index contributed by atoms with van der Waals surface area (Å²) in [4.78, 5) is 10.8. The molecule has 2 aromatic carbocycles. The molecule has 0 radical (unpaired) electrons. The van der Waals surface area contributed by atoms with Crippen LogP contribution in [-0.4, -0.2) is 15.9 Å². The third kappa shape index (κ3) is 3.51. The van der Waals surface area contributed by atoms with Gasteiger partial charge in [0, 0.05) is 22.1 Å². The lowest BCUT2D eigenvalue weighted by atomic mass is 10.0. The Morgan fingerprint density at radius 2 is 1.65 bits per heavy atom. The van der Waals surface area contributed by atoms with Crippen molar-refractivity contribution in [2.75, 3.05) is 5.75 Å². The molecule has 0 fully saturated rings. The van der Waals surface area contributed by atoms with Crippen molar-refractivity contribution in [1.82, 2.24) is 0 Å². The van der Waals surface area contributed by atoms with Crippen LogP contribution in [0.2, 0.25) is 0 Å². The Bertz CT molecular complexity index is 658. The van der Waals surface area contributed by atoms with Crippen LogP contribution in [0.1, 0.15) is 5.56 Å². The minimum absolute atomic E-state index is 0.174. The number of carbonyl (C=O) groups excluding carboxylic acids is 1. The monoisotopic (exact) mass is 291 g/mol. The first-order chi connectivity index (χ1) is 9.58. The molecule has 0 spiro atoms. The normalized spacial score (nSPS) is 12.1. The minimum Gasteiger partial charge on any atom is -0.369 e. The summed E-state index contributed by atoms with van der Waals surface area (Å²) in [6.45, 7) is 0. The number of hydrogen-bond acceptors (Lipinski definition) is 2. The van der Waals surface area contributed by atoms with Gasteiger partial charge < -0.3 is 5.73 Å². The molecule has 2 rings (SSSR count). The summed E-state index contributed by atoms with van der Waals surface area (Å²) in [6.07, 6.45) is 0. The van der Waals surface area contributed by atoms with Crippen molar-refractivity contribution in [3.8, 4) is 11.1 Å². The summed E-state index contributed by atoms with van der Waals surface area (Å²) in [7, 11) is -1.39. The molecule has 5 heteroatoms. The molecular formula is C15H14FNO2S. The second kappa shape index (κ2) is 6.43. The second-order valence-electron chi connectivity index (χ2n) is 4.33. The Balaban J connectivity index is 2.34. The van der Waals surface area contributed by atoms with Gasteiger partial charge in [-0.2, -0.15) is 0 Å². The molecule has 0 aliphatic heterocycles. The van der Waals surface area contributed by atoms with Crippen LogP contribution in [0.4, 0.5) is 4.39 Å². The molecule has 0 heterocycles. The van der Waals surface area contributed by atoms with Crippen LogP contribution in [0.5, 0.6) is 0 Å². The summed E-state index contributed by atoms with van der Waals surface area (Å²) in [5.41, 5.74) is 6.90. The van der Waals surface area contributed by atoms with Gasteiger partial charge in [0.25, 0.3) is 0 Å². The quantitative estimate of drug-likeness (QED) is 0.918. The zero-order valence-electron chi connectivity index (χ0n) is 10.7. The van der Waals surface area contributed by atoms with Crippen LogP contribution < -0.4 is 5.73 Å². The number of hydrogen-bond donors (Lipinski definition) is 1. The third-order valence-electron chi connectivity index (χ3n) is 2.80. The highest BCUT2D eigenvalue weighted by Gasteiger charge is 2.12. The van der Waals surface area contributed by atoms with Gasteiger partial charge in [0.05, 0.1) is 0 Å². The maximum absolute atomic E-state index is 13.9. The fraction of sp³-hybridized carbons (Fsp3) is 0.133. The van der Waals surface area contributed by atoms with Crippen LogP contribution in [0.15, 0.2) is 48.5 Å². The van der Waals surface area contributed by atoms with Crippen LogP contribution in [0, 0.1) is 5.82 Å². The fourth-order valence-corrected chi connectivity index (χ4v) is 2.99. The predicted molar refractivity (Wildman–Crippen MR) is 77.7 cm³/mol. The molecule has 0 aromatic heterocycles. The van der Waals surface area contributed by atoms with E-state index < -0.39 is 16.7 Å². The maximum Gasteiger partial charge on any atom is 0.230 e. The van der Waals surface area contributed by atoms with E-state index in [1.165, 1.54) is 6.07 Å². The summed E-state index contributed by atoms with van der Waals surface area (Å²) >= 11 is 0. The van der Waals surface area contributed by atoms with Gasteiger partial charge in [-0.1, -0.05) is 42.5 Å². The molecule has 0 aliphatic carbocycles. The van der Waals surface area contributed by atoms with Gasteiger partial charge in [-0.05, 0) is 17.2 Å². The second-order valence-corrected chi connectivity index (χ2v) is 5.79. The van der Waals surface area contributed by atoms with Crippen molar-refractivity contribution in [2.45, 2.75) is 5.75 Å². The third-order valence-corrected chi connectivity index (χ3v) is 4.04. The van der Waals surface area contributed by atoms with Crippen LogP contribution >= 0.6 is 0 Å². The van der Waals surface area contributed by atoms with Gasteiger partial charge in [-0.15, -0.1) is 0 Å². The smallest absolute Gasteiger partial charge is 0.230 e. The van der Waals surface area contributed by atoms with Gasteiger partial charge in [-0.25, -0.2) is 4.39 Å². The fourth-order valence-electron chi connectivity index (χ4n) is 1.97. The maximum atomic E-state index is 13.9. The molecule has 104 valence electrons. The number of carbonyl (C=O) groups is 1. The number of rotatable bonds is 5. The molecule has 0 bridgehead atoms. The SMILES string of the molecule is NC(=O)C[S@](=O)Cc1ccccc1-c1ccccc1F. The first-order valence-corrected chi connectivity index (χ1v) is 7.53.